The molecule has 0 N–H and O–H groups in total. The molecule has 4 nitrogen and oxygen atoms in total. The summed E-state index contributed by atoms with van der Waals surface area (Å²) in [7, 11) is 0. The van der Waals surface area contributed by atoms with Crippen molar-refractivity contribution >= 4 is 17.3 Å². The molecule has 1 aromatic heterocycles. The van der Waals surface area contributed by atoms with Gasteiger partial charge in [0.05, 0.1) is 18.6 Å². The minimum Gasteiger partial charge on any atom is -0.466 e. The van der Waals surface area contributed by atoms with Crippen LogP contribution in [0.15, 0.2) is 41.9 Å². The van der Waals surface area contributed by atoms with E-state index in [9.17, 15) is 4.79 Å². The predicted molar refractivity (Wildman–Crippen MR) is 105 cm³/mol. The molecule has 1 aromatic carbocycles. The Hall–Kier alpha value is -1.72. The number of likely N-dealkylation sites (tertiary alicyclic amines) is 1. The highest BCUT2D eigenvalue weighted by molar-refractivity contribution is 7.09. The van der Waals surface area contributed by atoms with Gasteiger partial charge in [-0.25, -0.2) is 4.98 Å². The molecule has 1 saturated heterocycles. The summed E-state index contributed by atoms with van der Waals surface area (Å²) in [5.74, 6) is -0.0168. The summed E-state index contributed by atoms with van der Waals surface area (Å²) in [6.45, 7) is 4.98. The van der Waals surface area contributed by atoms with Crippen molar-refractivity contribution in [3.63, 3.8) is 0 Å². The SMILES string of the molecule is CCOC(=O)[C@]1(CCCc2ccccc2)CCCN(Cc2nccs2)C1. The Morgan fingerprint density at radius 1 is 1.35 bits per heavy atom. The number of aryl methyl sites for hydroxylation is 1. The Morgan fingerprint density at radius 2 is 2.19 bits per heavy atom. The van der Waals surface area contributed by atoms with Crippen molar-refractivity contribution < 1.29 is 9.53 Å². The zero-order valence-corrected chi connectivity index (χ0v) is 16.3. The van der Waals surface area contributed by atoms with Gasteiger partial charge in [-0.2, -0.15) is 0 Å². The van der Waals surface area contributed by atoms with E-state index in [0.717, 1.165) is 56.7 Å². The fourth-order valence-electron chi connectivity index (χ4n) is 3.92. The van der Waals surface area contributed by atoms with Crippen LogP contribution in [0.1, 0.15) is 43.2 Å². The molecule has 0 amide bonds. The van der Waals surface area contributed by atoms with Gasteiger partial charge in [0.1, 0.15) is 5.01 Å². The first-order valence-corrected chi connectivity index (χ1v) is 10.4. The van der Waals surface area contributed by atoms with E-state index >= 15 is 0 Å². The molecule has 2 heterocycles. The van der Waals surface area contributed by atoms with Crippen molar-refractivity contribution in [3.05, 3.63) is 52.5 Å². The Balaban J connectivity index is 1.65. The average molecular weight is 373 g/mol. The second kappa shape index (κ2) is 9.28. The van der Waals surface area contributed by atoms with Crippen molar-refractivity contribution in [1.29, 1.82) is 0 Å². The van der Waals surface area contributed by atoms with E-state index < -0.39 is 0 Å². The van der Waals surface area contributed by atoms with Crippen molar-refractivity contribution in [2.24, 2.45) is 5.41 Å². The van der Waals surface area contributed by atoms with Crippen LogP contribution in [0.2, 0.25) is 0 Å². The Labute approximate surface area is 160 Å². The quantitative estimate of drug-likeness (QED) is 0.648. The molecule has 0 saturated carbocycles. The van der Waals surface area contributed by atoms with Gasteiger partial charge in [0.15, 0.2) is 0 Å². The molecule has 5 heteroatoms. The highest BCUT2D eigenvalue weighted by Crippen LogP contribution is 2.37. The van der Waals surface area contributed by atoms with Crippen LogP contribution in [-0.4, -0.2) is 35.5 Å². The molecule has 0 radical (unpaired) electrons. The molecule has 0 bridgehead atoms. The molecule has 1 aliphatic heterocycles. The summed E-state index contributed by atoms with van der Waals surface area (Å²) in [5.41, 5.74) is 0.960. The van der Waals surface area contributed by atoms with Crippen molar-refractivity contribution in [1.82, 2.24) is 9.88 Å². The molecule has 1 fully saturated rings. The van der Waals surface area contributed by atoms with Gasteiger partial charge >= 0.3 is 5.97 Å². The molecule has 26 heavy (non-hydrogen) atoms. The van der Waals surface area contributed by atoms with Crippen LogP contribution < -0.4 is 0 Å². The summed E-state index contributed by atoms with van der Waals surface area (Å²) in [4.78, 5) is 19.6. The van der Waals surface area contributed by atoms with Crippen molar-refractivity contribution in [3.8, 4) is 0 Å². The first-order chi connectivity index (χ1) is 12.7. The number of piperidine rings is 1. The Bertz CT molecular complexity index is 675. The van der Waals surface area contributed by atoms with E-state index in [-0.39, 0.29) is 11.4 Å². The summed E-state index contributed by atoms with van der Waals surface area (Å²) in [6.07, 6.45) is 6.71. The lowest BCUT2D eigenvalue weighted by Crippen LogP contribution is -2.48. The number of hydrogen-bond acceptors (Lipinski definition) is 5. The predicted octanol–water partition coefficient (Wildman–Crippen LogP) is 4.31. The smallest absolute Gasteiger partial charge is 0.313 e. The van der Waals surface area contributed by atoms with Crippen LogP contribution >= 0.6 is 11.3 Å². The number of aromatic nitrogens is 1. The third-order valence-electron chi connectivity index (χ3n) is 5.17. The maximum atomic E-state index is 12.8. The molecular weight excluding hydrogens is 344 g/mol. The van der Waals surface area contributed by atoms with E-state index in [1.165, 1.54) is 5.56 Å². The fraction of sp³-hybridized carbons (Fsp3) is 0.524. The molecule has 2 aromatic rings. The average Bonchev–Trinajstić information content (AvgIpc) is 3.16. The highest BCUT2D eigenvalue weighted by Gasteiger charge is 2.43. The minimum atomic E-state index is -0.375. The van der Waals surface area contributed by atoms with Crippen LogP contribution in [0.3, 0.4) is 0 Å². The van der Waals surface area contributed by atoms with Gasteiger partial charge in [-0.3, -0.25) is 9.69 Å². The van der Waals surface area contributed by atoms with Crippen LogP contribution in [0.5, 0.6) is 0 Å². The lowest BCUT2D eigenvalue weighted by molar-refractivity contribution is -0.160. The molecule has 0 spiro atoms. The van der Waals surface area contributed by atoms with Crippen LogP contribution in [0.25, 0.3) is 0 Å². The number of nitrogens with zero attached hydrogens (tertiary/aromatic N) is 2. The zero-order chi connectivity index (χ0) is 18.2. The maximum absolute atomic E-state index is 12.8. The van der Waals surface area contributed by atoms with Gasteiger partial charge in [0.2, 0.25) is 0 Å². The van der Waals surface area contributed by atoms with Gasteiger partial charge in [0.25, 0.3) is 0 Å². The number of hydrogen-bond donors (Lipinski definition) is 0. The van der Waals surface area contributed by atoms with Crippen molar-refractivity contribution in [2.45, 2.75) is 45.6 Å². The molecule has 140 valence electrons. The normalized spacial score (nSPS) is 20.8. The summed E-state index contributed by atoms with van der Waals surface area (Å²) in [6, 6.07) is 10.5. The molecular formula is C21H28N2O2S. The lowest BCUT2D eigenvalue weighted by atomic mass is 9.75. The third-order valence-corrected chi connectivity index (χ3v) is 5.93. The summed E-state index contributed by atoms with van der Waals surface area (Å²) in [5, 5.41) is 3.13. The van der Waals surface area contributed by atoms with Crippen LogP contribution in [0.4, 0.5) is 0 Å². The van der Waals surface area contributed by atoms with Crippen molar-refractivity contribution in [2.75, 3.05) is 19.7 Å². The van der Waals surface area contributed by atoms with Crippen LogP contribution in [0, 0.1) is 5.41 Å². The van der Waals surface area contributed by atoms with Gasteiger partial charge in [-0.1, -0.05) is 30.3 Å². The number of carbonyl (C=O) groups excluding carboxylic acids is 1. The number of thiazole rings is 1. The van der Waals surface area contributed by atoms with Gasteiger partial charge in [0, 0.05) is 18.1 Å². The standard InChI is InChI=1S/C21H28N2O2S/c1-2-25-20(24)21(11-6-10-18-8-4-3-5-9-18)12-7-14-23(17-21)16-19-22-13-15-26-19/h3-5,8-9,13,15H,2,6-7,10-12,14,16-17H2,1H3/t21-/m1/s1. The number of benzene rings is 1. The molecule has 1 atom stereocenters. The minimum absolute atomic E-state index is 0.0168. The number of rotatable bonds is 8. The van der Waals surface area contributed by atoms with Crippen LogP contribution in [-0.2, 0) is 22.5 Å². The third kappa shape index (κ3) is 4.92. The van der Waals surface area contributed by atoms with E-state index in [4.69, 9.17) is 4.74 Å². The monoisotopic (exact) mass is 372 g/mol. The Kier molecular flexibility index (Phi) is 6.80. The van der Waals surface area contributed by atoms with E-state index in [2.05, 4.69) is 34.1 Å². The second-order valence-electron chi connectivity index (χ2n) is 7.08. The van der Waals surface area contributed by atoms with E-state index in [1.807, 2.05) is 24.6 Å². The first kappa shape index (κ1) is 19.1. The highest BCUT2D eigenvalue weighted by atomic mass is 32.1. The lowest BCUT2D eigenvalue weighted by Gasteiger charge is -2.40. The summed E-state index contributed by atoms with van der Waals surface area (Å²) >= 11 is 1.68. The molecule has 0 aliphatic carbocycles. The number of carbonyl (C=O) groups is 1. The molecule has 0 unspecified atom stereocenters. The molecule has 1 aliphatic rings. The maximum Gasteiger partial charge on any atom is 0.313 e. The topological polar surface area (TPSA) is 42.4 Å². The second-order valence-corrected chi connectivity index (χ2v) is 8.06. The largest absolute Gasteiger partial charge is 0.466 e. The zero-order valence-electron chi connectivity index (χ0n) is 15.5. The van der Waals surface area contributed by atoms with E-state index in [0.29, 0.717) is 6.61 Å². The van der Waals surface area contributed by atoms with Gasteiger partial charge in [-0.15, -0.1) is 11.3 Å². The fourth-order valence-corrected chi connectivity index (χ4v) is 4.57. The van der Waals surface area contributed by atoms with Gasteiger partial charge in [-0.05, 0) is 51.1 Å². The number of ether oxygens (including phenoxy) is 1. The summed E-state index contributed by atoms with van der Waals surface area (Å²) < 4.78 is 5.49. The first-order valence-electron chi connectivity index (χ1n) is 9.54. The van der Waals surface area contributed by atoms with Gasteiger partial charge < -0.3 is 4.74 Å². The Morgan fingerprint density at radius 3 is 2.92 bits per heavy atom. The van der Waals surface area contributed by atoms with E-state index in [1.54, 1.807) is 11.3 Å². The molecule has 3 rings (SSSR count). The number of esters is 1.